The minimum Gasteiger partial charge on any atom is -0.493 e. The first-order valence-corrected chi connectivity index (χ1v) is 9.73. The Morgan fingerprint density at radius 2 is 1.77 bits per heavy atom. The van der Waals surface area contributed by atoms with Gasteiger partial charge in [-0.1, -0.05) is 18.2 Å². The fourth-order valence-corrected chi connectivity index (χ4v) is 3.43. The Kier molecular flexibility index (Phi) is 7.11. The zero-order valence-corrected chi connectivity index (χ0v) is 17.1. The third-order valence-electron chi connectivity index (χ3n) is 5.03. The number of hydrogen-bond acceptors (Lipinski definition) is 4. The first kappa shape index (κ1) is 21.4. The predicted octanol–water partition coefficient (Wildman–Crippen LogP) is 2.69. The largest absolute Gasteiger partial charge is 0.493 e. The summed E-state index contributed by atoms with van der Waals surface area (Å²) in [4.78, 5) is 26.1. The Morgan fingerprint density at radius 3 is 2.47 bits per heavy atom. The van der Waals surface area contributed by atoms with E-state index in [4.69, 9.17) is 9.47 Å². The van der Waals surface area contributed by atoms with Crippen molar-refractivity contribution >= 4 is 11.9 Å². The van der Waals surface area contributed by atoms with E-state index in [9.17, 15) is 14.0 Å². The van der Waals surface area contributed by atoms with E-state index in [0.717, 1.165) is 11.1 Å². The Hall–Kier alpha value is -3.29. The van der Waals surface area contributed by atoms with Crippen molar-refractivity contribution in [2.45, 2.75) is 19.5 Å². The number of nitrogens with zero attached hydrogens (tertiary/aromatic N) is 1. The number of hydrogen-bond donors (Lipinski definition) is 2. The van der Waals surface area contributed by atoms with Crippen LogP contribution < -0.4 is 20.1 Å². The van der Waals surface area contributed by atoms with Crippen molar-refractivity contribution in [2.24, 2.45) is 5.92 Å². The molecule has 160 valence electrons. The van der Waals surface area contributed by atoms with Crippen molar-refractivity contribution in [3.63, 3.8) is 0 Å². The second kappa shape index (κ2) is 9.96. The molecule has 7 nitrogen and oxygen atoms in total. The fourth-order valence-electron chi connectivity index (χ4n) is 3.43. The number of amides is 3. The molecule has 1 fully saturated rings. The molecule has 0 spiro atoms. The van der Waals surface area contributed by atoms with Crippen LogP contribution in [0.15, 0.2) is 42.5 Å². The Morgan fingerprint density at radius 1 is 1.07 bits per heavy atom. The highest BCUT2D eigenvalue weighted by Crippen LogP contribution is 2.27. The van der Waals surface area contributed by atoms with E-state index in [0.29, 0.717) is 44.1 Å². The van der Waals surface area contributed by atoms with Gasteiger partial charge in [0.25, 0.3) is 0 Å². The minimum atomic E-state index is -0.298. The predicted molar refractivity (Wildman–Crippen MR) is 110 cm³/mol. The van der Waals surface area contributed by atoms with Gasteiger partial charge in [-0.2, -0.15) is 0 Å². The topological polar surface area (TPSA) is 79.9 Å². The highest BCUT2D eigenvalue weighted by atomic mass is 19.1. The highest BCUT2D eigenvalue weighted by Gasteiger charge is 2.29. The standard InChI is InChI=1S/C22H26FN3O4/c1-29-19-8-5-16(9-20(19)30-2)11-24-22(28)25-12-17-10-21(27)26(14-17)13-15-3-6-18(23)7-4-15/h3-9,17H,10-14H2,1-2H3,(H2,24,25,28). The minimum absolute atomic E-state index is 0.0388. The summed E-state index contributed by atoms with van der Waals surface area (Å²) in [5.41, 5.74) is 1.76. The third-order valence-corrected chi connectivity index (χ3v) is 5.03. The van der Waals surface area contributed by atoms with Gasteiger partial charge in [-0.25, -0.2) is 9.18 Å². The lowest BCUT2D eigenvalue weighted by Gasteiger charge is -2.17. The molecule has 1 aliphatic rings. The maximum Gasteiger partial charge on any atom is 0.315 e. The molecule has 1 unspecified atom stereocenters. The monoisotopic (exact) mass is 415 g/mol. The van der Waals surface area contributed by atoms with E-state index in [2.05, 4.69) is 10.6 Å². The van der Waals surface area contributed by atoms with Gasteiger partial charge in [0, 0.05) is 38.5 Å². The number of nitrogens with one attached hydrogen (secondary N) is 2. The number of rotatable bonds is 8. The van der Waals surface area contributed by atoms with Crippen LogP contribution in [0, 0.1) is 11.7 Å². The van der Waals surface area contributed by atoms with Crippen molar-refractivity contribution in [1.29, 1.82) is 0 Å². The van der Waals surface area contributed by atoms with Crippen LogP contribution in [0.2, 0.25) is 0 Å². The van der Waals surface area contributed by atoms with Gasteiger partial charge in [-0.05, 0) is 35.4 Å². The van der Waals surface area contributed by atoms with Gasteiger partial charge in [0.15, 0.2) is 11.5 Å². The lowest BCUT2D eigenvalue weighted by Crippen LogP contribution is -2.38. The van der Waals surface area contributed by atoms with Crippen molar-refractivity contribution in [3.8, 4) is 11.5 Å². The average molecular weight is 415 g/mol. The van der Waals surface area contributed by atoms with Crippen molar-refractivity contribution < 1.29 is 23.5 Å². The zero-order chi connectivity index (χ0) is 21.5. The number of methoxy groups -OCH3 is 2. The first-order valence-electron chi connectivity index (χ1n) is 9.73. The van der Waals surface area contributed by atoms with E-state index in [1.165, 1.54) is 12.1 Å². The molecule has 0 bridgehead atoms. The maximum absolute atomic E-state index is 13.0. The summed E-state index contributed by atoms with van der Waals surface area (Å²) >= 11 is 0. The van der Waals surface area contributed by atoms with Crippen LogP contribution in [-0.4, -0.2) is 44.1 Å². The molecule has 30 heavy (non-hydrogen) atoms. The summed E-state index contributed by atoms with van der Waals surface area (Å²) < 4.78 is 23.5. The Bertz CT molecular complexity index is 888. The number of carbonyl (C=O) groups excluding carboxylic acids is 2. The fraction of sp³-hybridized carbons (Fsp3) is 0.364. The summed E-state index contributed by atoms with van der Waals surface area (Å²) in [7, 11) is 3.13. The van der Waals surface area contributed by atoms with Crippen LogP contribution in [0.5, 0.6) is 11.5 Å². The molecule has 2 N–H and O–H groups in total. The highest BCUT2D eigenvalue weighted by molar-refractivity contribution is 5.79. The summed E-state index contributed by atoms with van der Waals surface area (Å²) in [6, 6.07) is 11.3. The van der Waals surface area contributed by atoms with Crippen LogP contribution >= 0.6 is 0 Å². The van der Waals surface area contributed by atoms with Gasteiger partial charge in [0.05, 0.1) is 14.2 Å². The summed E-state index contributed by atoms with van der Waals surface area (Å²) in [6.45, 7) is 1.75. The molecular formula is C22H26FN3O4. The van der Waals surface area contributed by atoms with E-state index in [-0.39, 0.29) is 23.7 Å². The van der Waals surface area contributed by atoms with E-state index in [1.807, 2.05) is 12.1 Å². The van der Waals surface area contributed by atoms with Crippen LogP contribution in [0.25, 0.3) is 0 Å². The van der Waals surface area contributed by atoms with Crippen molar-refractivity contribution in [2.75, 3.05) is 27.3 Å². The summed E-state index contributed by atoms with van der Waals surface area (Å²) in [5.74, 6) is 1.01. The number of ether oxygens (including phenoxy) is 2. The molecule has 1 saturated heterocycles. The molecule has 1 heterocycles. The summed E-state index contributed by atoms with van der Waals surface area (Å²) in [6.07, 6.45) is 0.386. The normalized spacial score (nSPS) is 15.8. The van der Waals surface area contributed by atoms with Crippen LogP contribution in [0.4, 0.5) is 9.18 Å². The Balaban J connectivity index is 1.42. The molecule has 2 aromatic rings. The molecule has 1 atom stereocenters. The molecule has 3 rings (SSSR count). The lowest BCUT2D eigenvalue weighted by molar-refractivity contribution is -0.128. The van der Waals surface area contributed by atoms with E-state index < -0.39 is 0 Å². The van der Waals surface area contributed by atoms with Gasteiger partial charge in [-0.3, -0.25) is 4.79 Å². The van der Waals surface area contributed by atoms with Crippen molar-refractivity contribution in [1.82, 2.24) is 15.5 Å². The lowest BCUT2D eigenvalue weighted by atomic mass is 10.1. The van der Waals surface area contributed by atoms with Crippen LogP contribution in [-0.2, 0) is 17.9 Å². The van der Waals surface area contributed by atoms with Gasteiger partial charge < -0.3 is 25.0 Å². The average Bonchev–Trinajstić information content (AvgIpc) is 3.11. The second-order valence-corrected chi connectivity index (χ2v) is 7.22. The molecule has 0 aromatic heterocycles. The molecule has 0 radical (unpaired) electrons. The molecule has 2 aromatic carbocycles. The quantitative estimate of drug-likeness (QED) is 0.695. The molecule has 8 heteroatoms. The third kappa shape index (κ3) is 5.62. The van der Waals surface area contributed by atoms with Crippen LogP contribution in [0.1, 0.15) is 17.5 Å². The maximum atomic E-state index is 13.0. The molecule has 0 saturated carbocycles. The zero-order valence-electron chi connectivity index (χ0n) is 17.1. The van der Waals surface area contributed by atoms with Crippen LogP contribution in [0.3, 0.4) is 0 Å². The summed E-state index contributed by atoms with van der Waals surface area (Å²) in [5, 5.41) is 5.62. The number of likely N-dealkylation sites (tertiary alicyclic amines) is 1. The van der Waals surface area contributed by atoms with Gasteiger partial charge in [0.2, 0.25) is 5.91 Å². The smallest absolute Gasteiger partial charge is 0.315 e. The number of carbonyl (C=O) groups is 2. The SMILES string of the molecule is COc1ccc(CNC(=O)NCC2CC(=O)N(Cc3ccc(F)cc3)C2)cc1OC. The number of urea groups is 1. The van der Waals surface area contributed by atoms with E-state index >= 15 is 0 Å². The first-order chi connectivity index (χ1) is 14.5. The number of benzene rings is 2. The number of halogens is 1. The second-order valence-electron chi connectivity index (χ2n) is 7.22. The van der Waals surface area contributed by atoms with Gasteiger partial charge in [0.1, 0.15) is 5.82 Å². The van der Waals surface area contributed by atoms with Gasteiger partial charge >= 0.3 is 6.03 Å². The molecule has 0 aliphatic carbocycles. The Labute approximate surface area is 175 Å². The van der Waals surface area contributed by atoms with E-state index in [1.54, 1.807) is 37.3 Å². The van der Waals surface area contributed by atoms with Crippen molar-refractivity contribution in [3.05, 3.63) is 59.4 Å². The molecule has 1 aliphatic heterocycles. The van der Waals surface area contributed by atoms with Gasteiger partial charge in [-0.15, -0.1) is 0 Å². The molecule has 3 amide bonds. The molecular weight excluding hydrogens is 389 g/mol.